The Morgan fingerprint density at radius 1 is 1.20 bits per heavy atom. The number of aliphatic hydroxyl groups is 1. The SMILES string of the molecule is Cc1cc(C)cc(C(=O)N2CCC[C@H]2C(=O)O)c1.N[C@@H](CO)C(=O)O. The van der Waals surface area contributed by atoms with Gasteiger partial charge in [0.2, 0.25) is 0 Å². The first-order valence-corrected chi connectivity index (χ1v) is 7.88. The van der Waals surface area contributed by atoms with Gasteiger partial charge in [-0.25, -0.2) is 4.79 Å². The molecule has 2 atom stereocenters. The normalized spacial score (nSPS) is 17.4. The van der Waals surface area contributed by atoms with Crippen molar-refractivity contribution in [3.8, 4) is 0 Å². The van der Waals surface area contributed by atoms with Crippen molar-refractivity contribution in [2.75, 3.05) is 13.2 Å². The molecule has 0 aliphatic carbocycles. The van der Waals surface area contributed by atoms with E-state index in [9.17, 15) is 14.4 Å². The van der Waals surface area contributed by atoms with Gasteiger partial charge in [-0.3, -0.25) is 9.59 Å². The molecule has 1 saturated heterocycles. The molecule has 1 fully saturated rings. The maximum Gasteiger partial charge on any atom is 0.326 e. The number of carboxylic acids is 2. The third-order valence-corrected chi connectivity index (χ3v) is 3.78. The van der Waals surface area contributed by atoms with Crippen LogP contribution in [0.4, 0.5) is 0 Å². The summed E-state index contributed by atoms with van der Waals surface area (Å²) in [7, 11) is 0. The van der Waals surface area contributed by atoms with Crippen LogP contribution < -0.4 is 5.73 Å². The summed E-state index contributed by atoms with van der Waals surface area (Å²) in [4.78, 5) is 34.5. The van der Waals surface area contributed by atoms with Crippen LogP contribution in [0.2, 0.25) is 0 Å². The molecule has 138 valence electrons. The van der Waals surface area contributed by atoms with Gasteiger partial charge >= 0.3 is 11.9 Å². The molecule has 1 aromatic carbocycles. The van der Waals surface area contributed by atoms with Crippen LogP contribution in [0.5, 0.6) is 0 Å². The van der Waals surface area contributed by atoms with Gasteiger partial charge in [-0.2, -0.15) is 0 Å². The molecule has 0 saturated carbocycles. The second-order valence-corrected chi connectivity index (χ2v) is 6.00. The molecule has 1 amide bonds. The first-order valence-electron chi connectivity index (χ1n) is 7.88. The predicted molar refractivity (Wildman–Crippen MR) is 90.3 cm³/mol. The van der Waals surface area contributed by atoms with Crippen LogP contribution in [0.15, 0.2) is 18.2 Å². The van der Waals surface area contributed by atoms with Crippen LogP contribution in [0.3, 0.4) is 0 Å². The summed E-state index contributed by atoms with van der Waals surface area (Å²) in [5.41, 5.74) is 7.39. The number of rotatable bonds is 4. The molecule has 0 spiro atoms. The second-order valence-electron chi connectivity index (χ2n) is 6.00. The Morgan fingerprint density at radius 2 is 1.76 bits per heavy atom. The lowest BCUT2D eigenvalue weighted by Crippen LogP contribution is -2.40. The van der Waals surface area contributed by atoms with Crippen molar-refractivity contribution in [1.29, 1.82) is 0 Å². The minimum absolute atomic E-state index is 0.174. The van der Waals surface area contributed by atoms with E-state index in [1.807, 2.05) is 32.0 Å². The summed E-state index contributed by atoms with van der Waals surface area (Å²) in [6, 6.07) is 3.83. The molecule has 1 heterocycles. The maximum absolute atomic E-state index is 12.3. The van der Waals surface area contributed by atoms with Crippen LogP contribution in [0.1, 0.15) is 34.3 Å². The van der Waals surface area contributed by atoms with Crippen LogP contribution in [0.25, 0.3) is 0 Å². The van der Waals surface area contributed by atoms with Gasteiger partial charge in [0.1, 0.15) is 12.1 Å². The zero-order valence-corrected chi connectivity index (χ0v) is 14.3. The van der Waals surface area contributed by atoms with Gasteiger partial charge in [-0.1, -0.05) is 17.2 Å². The second kappa shape index (κ2) is 9.14. The van der Waals surface area contributed by atoms with E-state index in [2.05, 4.69) is 0 Å². The number of aliphatic carboxylic acids is 2. The number of nitrogens with zero attached hydrogens (tertiary/aromatic N) is 1. The minimum Gasteiger partial charge on any atom is -0.480 e. The average Bonchev–Trinajstić information content (AvgIpc) is 3.02. The van der Waals surface area contributed by atoms with Crippen LogP contribution in [0, 0.1) is 13.8 Å². The van der Waals surface area contributed by atoms with E-state index in [0.717, 1.165) is 17.5 Å². The molecule has 5 N–H and O–H groups in total. The van der Waals surface area contributed by atoms with Gasteiger partial charge in [-0.15, -0.1) is 0 Å². The van der Waals surface area contributed by atoms with E-state index in [1.165, 1.54) is 4.90 Å². The molecule has 0 aromatic heterocycles. The number of hydrogen-bond donors (Lipinski definition) is 4. The number of hydrogen-bond acceptors (Lipinski definition) is 5. The Kier molecular flexibility index (Phi) is 7.53. The zero-order valence-electron chi connectivity index (χ0n) is 14.3. The van der Waals surface area contributed by atoms with Gasteiger partial charge in [0.25, 0.3) is 5.91 Å². The third kappa shape index (κ3) is 5.84. The fourth-order valence-corrected chi connectivity index (χ4v) is 2.61. The molecule has 1 aliphatic rings. The zero-order chi connectivity index (χ0) is 19.1. The number of benzene rings is 1. The number of carbonyl (C=O) groups is 3. The summed E-state index contributed by atoms with van der Waals surface area (Å²) < 4.78 is 0. The van der Waals surface area contributed by atoms with E-state index in [4.69, 9.17) is 21.1 Å². The summed E-state index contributed by atoms with van der Waals surface area (Å²) in [6.07, 6.45) is 1.30. The number of amides is 1. The van der Waals surface area contributed by atoms with Gasteiger partial charge < -0.3 is 26.0 Å². The van der Waals surface area contributed by atoms with Crippen molar-refractivity contribution >= 4 is 17.8 Å². The number of carboxylic acid groups (broad SMARTS) is 2. The van der Waals surface area contributed by atoms with E-state index in [-0.39, 0.29) is 5.91 Å². The summed E-state index contributed by atoms with van der Waals surface area (Å²) in [6.45, 7) is 3.89. The van der Waals surface area contributed by atoms with Crippen LogP contribution in [-0.2, 0) is 9.59 Å². The molecular formula is C17H24N2O6. The molecule has 1 aromatic rings. The smallest absolute Gasteiger partial charge is 0.326 e. The number of aryl methyl sites for hydroxylation is 2. The fraction of sp³-hybridized carbons (Fsp3) is 0.471. The monoisotopic (exact) mass is 352 g/mol. The Labute approximate surface area is 145 Å². The lowest BCUT2D eigenvalue weighted by atomic mass is 10.1. The number of carbonyl (C=O) groups excluding carboxylic acids is 1. The van der Waals surface area contributed by atoms with Crippen LogP contribution >= 0.6 is 0 Å². The van der Waals surface area contributed by atoms with Crippen molar-refractivity contribution in [1.82, 2.24) is 4.90 Å². The molecule has 0 radical (unpaired) electrons. The predicted octanol–water partition coefficient (Wildman–Crippen LogP) is 0.383. The Balaban J connectivity index is 0.000000381. The van der Waals surface area contributed by atoms with Crippen molar-refractivity contribution < 1.29 is 29.7 Å². The Bertz CT molecular complexity index is 626. The highest BCUT2D eigenvalue weighted by Gasteiger charge is 2.34. The van der Waals surface area contributed by atoms with E-state index in [1.54, 1.807) is 0 Å². The lowest BCUT2D eigenvalue weighted by molar-refractivity contribution is -0.141. The minimum atomic E-state index is -1.18. The average molecular weight is 352 g/mol. The van der Waals surface area contributed by atoms with Crippen molar-refractivity contribution in [3.63, 3.8) is 0 Å². The third-order valence-electron chi connectivity index (χ3n) is 3.78. The van der Waals surface area contributed by atoms with Crippen molar-refractivity contribution in [2.45, 2.75) is 38.8 Å². The summed E-state index contributed by atoms with van der Waals surface area (Å²) in [5.74, 6) is -2.26. The van der Waals surface area contributed by atoms with E-state index >= 15 is 0 Å². The Hall–Kier alpha value is -2.45. The van der Waals surface area contributed by atoms with E-state index in [0.29, 0.717) is 18.5 Å². The molecule has 1 aliphatic heterocycles. The van der Waals surface area contributed by atoms with Gasteiger partial charge in [0, 0.05) is 12.1 Å². The highest BCUT2D eigenvalue weighted by Crippen LogP contribution is 2.21. The van der Waals surface area contributed by atoms with Gasteiger partial charge in [0.15, 0.2) is 0 Å². The standard InChI is InChI=1S/C14H17NO3.C3H7NO3/c1-9-6-10(2)8-11(7-9)13(16)15-5-3-4-12(15)14(17)18;4-2(1-5)3(6)7/h6-8,12H,3-5H2,1-2H3,(H,17,18);2,5H,1,4H2,(H,6,7)/t12-;2-/m00/s1. The Morgan fingerprint density at radius 3 is 2.16 bits per heavy atom. The van der Waals surface area contributed by atoms with E-state index < -0.39 is 30.6 Å². The quantitative estimate of drug-likeness (QED) is 0.614. The van der Waals surface area contributed by atoms with Crippen LogP contribution in [-0.4, -0.2) is 63.3 Å². The molecule has 8 heteroatoms. The molecule has 0 unspecified atom stereocenters. The largest absolute Gasteiger partial charge is 0.480 e. The lowest BCUT2D eigenvalue weighted by Gasteiger charge is -2.21. The molecular weight excluding hydrogens is 328 g/mol. The molecule has 8 nitrogen and oxygen atoms in total. The fourth-order valence-electron chi connectivity index (χ4n) is 2.61. The topological polar surface area (TPSA) is 141 Å². The maximum atomic E-state index is 12.3. The summed E-state index contributed by atoms with van der Waals surface area (Å²) >= 11 is 0. The van der Waals surface area contributed by atoms with Gasteiger partial charge in [-0.05, 0) is 38.8 Å². The highest BCUT2D eigenvalue weighted by molar-refractivity contribution is 5.97. The first kappa shape index (κ1) is 20.6. The van der Waals surface area contributed by atoms with Crippen molar-refractivity contribution in [2.24, 2.45) is 5.73 Å². The molecule has 25 heavy (non-hydrogen) atoms. The molecule has 0 bridgehead atoms. The summed E-state index contributed by atoms with van der Waals surface area (Å²) in [5, 5.41) is 25.0. The van der Waals surface area contributed by atoms with Crippen molar-refractivity contribution in [3.05, 3.63) is 34.9 Å². The number of likely N-dealkylation sites (tertiary alicyclic amines) is 1. The molecule has 2 rings (SSSR count). The number of aliphatic hydroxyl groups excluding tert-OH is 1. The van der Waals surface area contributed by atoms with Gasteiger partial charge in [0.05, 0.1) is 6.61 Å². The first-order chi connectivity index (χ1) is 11.7. The highest BCUT2D eigenvalue weighted by atomic mass is 16.4. The number of nitrogens with two attached hydrogens (primary N) is 1.